The Balaban J connectivity index is 1.78. The lowest BCUT2D eigenvalue weighted by atomic mass is 9.84. The summed E-state index contributed by atoms with van der Waals surface area (Å²) in [4.78, 5) is 4.42. The Morgan fingerprint density at radius 3 is 2.54 bits per heavy atom. The van der Waals surface area contributed by atoms with Crippen molar-refractivity contribution in [3.05, 3.63) is 76.6 Å². The summed E-state index contributed by atoms with van der Waals surface area (Å²) < 4.78 is 26.6. The van der Waals surface area contributed by atoms with Gasteiger partial charge in [-0.1, -0.05) is 31.0 Å². The first-order chi connectivity index (χ1) is 13.3. The van der Waals surface area contributed by atoms with Crippen molar-refractivity contribution in [1.82, 2.24) is 10.1 Å². The SMILES string of the molecule is CC(C)(CNc1ncc(-c2ccc(F)c(C#N)c2)n[n+]1[O-])c1ccc(F)cc1. The third-order valence-electron chi connectivity index (χ3n) is 4.39. The van der Waals surface area contributed by atoms with Gasteiger partial charge in [0.1, 0.15) is 29.6 Å². The topological polar surface area (TPSA) is 88.5 Å². The predicted molar refractivity (Wildman–Crippen MR) is 99.0 cm³/mol. The molecule has 1 N–H and O–H groups in total. The maximum atomic E-state index is 13.4. The molecule has 142 valence electrons. The summed E-state index contributed by atoms with van der Waals surface area (Å²) in [7, 11) is 0. The monoisotopic (exact) mass is 381 g/mol. The van der Waals surface area contributed by atoms with Gasteiger partial charge in [-0.15, -0.1) is 9.94 Å². The van der Waals surface area contributed by atoms with Gasteiger partial charge in [0.05, 0.1) is 12.1 Å². The van der Waals surface area contributed by atoms with E-state index in [9.17, 15) is 14.0 Å². The number of hydrogen-bond donors (Lipinski definition) is 1. The van der Waals surface area contributed by atoms with Crippen LogP contribution < -0.4 is 10.2 Å². The van der Waals surface area contributed by atoms with E-state index >= 15 is 0 Å². The molecule has 0 spiro atoms. The molecular weight excluding hydrogens is 364 g/mol. The Labute approximate surface area is 160 Å². The maximum Gasteiger partial charge on any atom is 0.412 e. The highest BCUT2D eigenvalue weighted by Crippen LogP contribution is 2.24. The van der Waals surface area contributed by atoms with E-state index in [4.69, 9.17) is 5.26 Å². The number of anilines is 1. The van der Waals surface area contributed by atoms with Crippen LogP contribution in [0.2, 0.25) is 0 Å². The quantitative estimate of drug-likeness (QED) is 0.541. The summed E-state index contributed by atoms with van der Waals surface area (Å²) in [5.74, 6) is -0.955. The first-order valence-electron chi connectivity index (χ1n) is 8.47. The second-order valence-electron chi connectivity index (χ2n) is 6.89. The lowest BCUT2D eigenvalue weighted by Crippen LogP contribution is -2.39. The van der Waals surface area contributed by atoms with E-state index in [1.807, 2.05) is 13.8 Å². The Morgan fingerprint density at radius 1 is 1.18 bits per heavy atom. The smallest absolute Gasteiger partial charge is 0.412 e. The molecule has 0 radical (unpaired) electrons. The molecule has 0 aliphatic rings. The molecular formula is C20H17F2N5O. The van der Waals surface area contributed by atoms with Gasteiger partial charge in [-0.3, -0.25) is 5.32 Å². The molecule has 2 aromatic carbocycles. The van der Waals surface area contributed by atoms with E-state index in [0.717, 1.165) is 11.6 Å². The van der Waals surface area contributed by atoms with Gasteiger partial charge in [0.2, 0.25) is 0 Å². The van der Waals surface area contributed by atoms with Gasteiger partial charge in [0.15, 0.2) is 0 Å². The minimum absolute atomic E-state index is 0.00144. The molecule has 3 rings (SSSR count). The van der Waals surface area contributed by atoms with Crippen molar-refractivity contribution in [2.75, 3.05) is 11.9 Å². The molecule has 0 atom stereocenters. The van der Waals surface area contributed by atoms with Gasteiger partial charge >= 0.3 is 5.95 Å². The molecule has 28 heavy (non-hydrogen) atoms. The first kappa shape index (κ1) is 19.2. The molecule has 1 aromatic heterocycles. The van der Waals surface area contributed by atoms with Gasteiger partial charge in [0, 0.05) is 11.0 Å². The predicted octanol–water partition coefficient (Wildman–Crippen LogP) is 3.32. The maximum absolute atomic E-state index is 13.4. The number of nitriles is 1. The molecule has 3 aromatic rings. The van der Waals surface area contributed by atoms with Crippen LogP contribution in [0.5, 0.6) is 0 Å². The Bertz CT molecular complexity index is 1050. The first-order valence-corrected chi connectivity index (χ1v) is 8.47. The molecule has 0 unspecified atom stereocenters. The van der Waals surface area contributed by atoms with Crippen LogP contribution >= 0.6 is 0 Å². The third kappa shape index (κ3) is 4.04. The zero-order valence-corrected chi connectivity index (χ0v) is 15.3. The van der Waals surface area contributed by atoms with Crippen LogP contribution in [-0.2, 0) is 5.41 Å². The summed E-state index contributed by atoms with van der Waals surface area (Å²) in [6, 6.07) is 11.8. The van der Waals surface area contributed by atoms with Crippen molar-refractivity contribution in [2.45, 2.75) is 19.3 Å². The van der Waals surface area contributed by atoms with E-state index in [-0.39, 0.29) is 28.4 Å². The van der Waals surface area contributed by atoms with Gasteiger partial charge in [-0.2, -0.15) is 5.26 Å². The number of hydrogen-bond acceptors (Lipinski definition) is 5. The molecule has 0 amide bonds. The molecule has 1 heterocycles. The summed E-state index contributed by atoms with van der Waals surface area (Å²) in [6.07, 6.45) is 1.37. The van der Waals surface area contributed by atoms with Crippen LogP contribution in [0.25, 0.3) is 11.3 Å². The van der Waals surface area contributed by atoms with Crippen molar-refractivity contribution in [2.24, 2.45) is 0 Å². The number of halogens is 2. The van der Waals surface area contributed by atoms with Crippen molar-refractivity contribution >= 4 is 5.95 Å². The van der Waals surface area contributed by atoms with Crippen LogP contribution in [0.15, 0.2) is 48.7 Å². The van der Waals surface area contributed by atoms with E-state index in [1.165, 1.54) is 30.5 Å². The van der Waals surface area contributed by atoms with Gasteiger partial charge in [-0.25, -0.2) is 8.78 Å². The summed E-state index contributed by atoms with van der Waals surface area (Å²) in [5, 5.41) is 28.0. The second-order valence-corrected chi connectivity index (χ2v) is 6.89. The fourth-order valence-electron chi connectivity index (χ4n) is 2.66. The minimum Gasteiger partial charge on any atom is -0.722 e. The normalized spacial score (nSPS) is 11.1. The van der Waals surface area contributed by atoms with Gasteiger partial charge in [0.25, 0.3) is 0 Å². The second kappa shape index (κ2) is 7.56. The van der Waals surface area contributed by atoms with Crippen LogP contribution in [0.3, 0.4) is 0 Å². The lowest BCUT2D eigenvalue weighted by molar-refractivity contribution is -0.656. The van der Waals surface area contributed by atoms with Crippen molar-refractivity contribution in [1.29, 1.82) is 5.26 Å². The Kier molecular flexibility index (Phi) is 5.18. The molecule has 0 fully saturated rings. The van der Waals surface area contributed by atoms with Gasteiger partial charge in [-0.05, 0) is 35.9 Å². The standard InChI is InChI=1S/C20H17F2N5O/c1-20(2,15-4-6-16(21)7-5-15)12-25-19-24-11-18(26-27(19)28)13-3-8-17(22)14(9-13)10-23/h3-9,11H,12H2,1-2H3,(H,24,25). The summed E-state index contributed by atoms with van der Waals surface area (Å²) >= 11 is 0. The summed E-state index contributed by atoms with van der Waals surface area (Å²) in [6.45, 7) is 4.27. The summed E-state index contributed by atoms with van der Waals surface area (Å²) in [5.41, 5.74) is 1.00. The number of nitrogens with zero attached hydrogens (tertiary/aromatic N) is 4. The number of rotatable bonds is 5. The number of nitrogens with one attached hydrogen (secondary N) is 1. The Morgan fingerprint density at radius 2 is 1.89 bits per heavy atom. The molecule has 0 saturated carbocycles. The molecule has 0 aliphatic heterocycles. The van der Waals surface area contributed by atoms with Gasteiger partial charge < -0.3 is 5.21 Å². The van der Waals surface area contributed by atoms with Crippen molar-refractivity contribution in [3.63, 3.8) is 0 Å². The Hall–Kier alpha value is -3.60. The molecule has 0 bridgehead atoms. The average molecular weight is 381 g/mol. The van der Waals surface area contributed by atoms with E-state index in [2.05, 4.69) is 15.4 Å². The number of benzene rings is 2. The molecule has 0 saturated heterocycles. The lowest BCUT2D eigenvalue weighted by Gasteiger charge is -2.24. The third-order valence-corrected chi connectivity index (χ3v) is 4.39. The average Bonchev–Trinajstić information content (AvgIpc) is 2.67. The van der Waals surface area contributed by atoms with Crippen LogP contribution in [0, 0.1) is 28.2 Å². The highest BCUT2D eigenvalue weighted by Gasteiger charge is 2.24. The number of aromatic nitrogens is 3. The van der Waals surface area contributed by atoms with Crippen LogP contribution in [0.1, 0.15) is 25.0 Å². The van der Waals surface area contributed by atoms with Crippen molar-refractivity contribution < 1.29 is 13.6 Å². The fraction of sp³-hybridized carbons (Fsp3) is 0.200. The van der Waals surface area contributed by atoms with E-state index in [1.54, 1.807) is 18.2 Å². The van der Waals surface area contributed by atoms with E-state index < -0.39 is 5.82 Å². The van der Waals surface area contributed by atoms with Crippen LogP contribution in [-0.4, -0.2) is 16.6 Å². The highest BCUT2D eigenvalue weighted by molar-refractivity contribution is 5.60. The fourth-order valence-corrected chi connectivity index (χ4v) is 2.66. The molecule has 0 aliphatic carbocycles. The molecule has 8 heteroatoms. The minimum atomic E-state index is -0.643. The highest BCUT2D eigenvalue weighted by atomic mass is 19.1. The zero-order chi connectivity index (χ0) is 20.3. The van der Waals surface area contributed by atoms with E-state index in [0.29, 0.717) is 17.0 Å². The molecule has 6 nitrogen and oxygen atoms in total. The van der Waals surface area contributed by atoms with Crippen LogP contribution in [0.4, 0.5) is 14.7 Å². The largest absolute Gasteiger partial charge is 0.722 e. The zero-order valence-electron chi connectivity index (χ0n) is 15.3. The van der Waals surface area contributed by atoms with Crippen molar-refractivity contribution in [3.8, 4) is 17.3 Å².